The minimum atomic E-state index is -0.577. The van der Waals surface area contributed by atoms with Crippen LogP contribution < -0.4 is 5.32 Å². The molecule has 80 valence electrons. The lowest BCUT2D eigenvalue weighted by Crippen LogP contribution is -2.35. The summed E-state index contributed by atoms with van der Waals surface area (Å²) in [6.45, 7) is 5.73. The third-order valence-electron chi connectivity index (χ3n) is 2.52. The van der Waals surface area contributed by atoms with Gasteiger partial charge in [0.2, 0.25) is 0 Å². The molecule has 3 nitrogen and oxygen atoms in total. The van der Waals surface area contributed by atoms with E-state index < -0.39 is 11.7 Å². The Kier molecular flexibility index (Phi) is 2.26. The molecule has 4 heteroatoms. The number of benzene rings is 1. The number of amides is 1. The standard InChI is InChI=1S/C11H12BrNO2/c1-6-4-7(12)5-8-9(6)13-10(14)15-11(8,2)3/h4-5H,1-3H3,(H,13,14). The summed E-state index contributed by atoms with van der Waals surface area (Å²) in [5, 5.41) is 2.73. The maximum atomic E-state index is 11.3. The predicted octanol–water partition coefficient (Wildman–Crippen LogP) is 3.55. The molecule has 2 rings (SSSR count). The number of ether oxygens (including phenoxy) is 1. The minimum absolute atomic E-state index is 0.391. The van der Waals surface area contributed by atoms with Gasteiger partial charge in [-0.15, -0.1) is 0 Å². The van der Waals surface area contributed by atoms with Crippen molar-refractivity contribution < 1.29 is 9.53 Å². The largest absolute Gasteiger partial charge is 0.438 e. The first-order chi connectivity index (χ1) is 6.90. The molecule has 15 heavy (non-hydrogen) atoms. The molecule has 0 aromatic heterocycles. The molecule has 0 spiro atoms. The van der Waals surface area contributed by atoms with Crippen molar-refractivity contribution in [3.8, 4) is 0 Å². The lowest BCUT2D eigenvalue weighted by atomic mass is 9.93. The molecule has 1 aromatic carbocycles. The topological polar surface area (TPSA) is 38.3 Å². The molecule has 0 atom stereocenters. The average molecular weight is 270 g/mol. The normalized spacial score (nSPS) is 17.7. The molecule has 0 radical (unpaired) electrons. The number of rotatable bonds is 0. The highest BCUT2D eigenvalue weighted by molar-refractivity contribution is 9.10. The first-order valence-electron chi connectivity index (χ1n) is 4.71. The zero-order valence-electron chi connectivity index (χ0n) is 8.85. The molecule has 1 aromatic rings. The third kappa shape index (κ3) is 1.74. The number of hydrogen-bond donors (Lipinski definition) is 1. The third-order valence-corrected chi connectivity index (χ3v) is 2.98. The number of carbonyl (C=O) groups excluding carboxylic acids is 1. The van der Waals surface area contributed by atoms with Gasteiger partial charge in [-0.2, -0.15) is 0 Å². The molecular formula is C11H12BrNO2. The summed E-state index contributed by atoms with van der Waals surface area (Å²) in [6.07, 6.45) is -0.391. The Morgan fingerprint density at radius 3 is 2.73 bits per heavy atom. The monoisotopic (exact) mass is 269 g/mol. The Morgan fingerprint density at radius 1 is 1.40 bits per heavy atom. The van der Waals surface area contributed by atoms with Crippen molar-refractivity contribution in [2.75, 3.05) is 5.32 Å². The lowest BCUT2D eigenvalue weighted by molar-refractivity contribution is 0.0419. The second kappa shape index (κ2) is 3.23. The van der Waals surface area contributed by atoms with E-state index in [1.165, 1.54) is 0 Å². The summed E-state index contributed by atoms with van der Waals surface area (Å²) < 4.78 is 6.23. The van der Waals surface area contributed by atoms with Crippen LogP contribution in [0.5, 0.6) is 0 Å². The Morgan fingerprint density at radius 2 is 2.07 bits per heavy atom. The molecule has 0 bridgehead atoms. The van der Waals surface area contributed by atoms with E-state index in [0.29, 0.717) is 0 Å². The zero-order chi connectivity index (χ0) is 11.2. The van der Waals surface area contributed by atoms with Gasteiger partial charge in [-0.05, 0) is 38.5 Å². The first-order valence-corrected chi connectivity index (χ1v) is 5.50. The highest BCUT2D eigenvalue weighted by atomic mass is 79.9. The number of halogens is 1. The van der Waals surface area contributed by atoms with Crippen LogP contribution >= 0.6 is 15.9 Å². The minimum Gasteiger partial charge on any atom is -0.438 e. The summed E-state index contributed by atoms with van der Waals surface area (Å²) in [4.78, 5) is 11.3. The lowest BCUT2D eigenvalue weighted by Gasteiger charge is -2.33. The fourth-order valence-electron chi connectivity index (χ4n) is 1.80. The van der Waals surface area contributed by atoms with Gasteiger partial charge in [0.1, 0.15) is 5.60 Å². The SMILES string of the molecule is Cc1cc(Br)cc2c1NC(=O)OC2(C)C. The van der Waals surface area contributed by atoms with Crippen LogP contribution in [-0.2, 0) is 10.3 Å². The van der Waals surface area contributed by atoms with E-state index in [1.807, 2.05) is 32.9 Å². The smallest absolute Gasteiger partial charge is 0.412 e. The molecule has 1 aliphatic rings. The number of carbonyl (C=O) groups is 1. The Bertz CT molecular complexity index is 440. The van der Waals surface area contributed by atoms with Crippen LogP contribution in [0.1, 0.15) is 25.0 Å². The predicted molar refractivity (Wildman–Crippen MR) is 62.0 cm³/mol. The van der Waals surface area contributed by atoms with Gasteiger partial charge in [0.25, 0.3) is 0 Å². The van der Waals surface area contributed by atoms with Gasteiger partial charge in [0.15, 0.2) is 0 Å². The van der Waals surface area contributed by atoms with Crippen LogP contribution in [0.3, 0.4) is 0 Å². The Hall–Kier alpha value is -1.03. The molecule has 1 amide bonds. The molecule has 0 aliphatic carbocycles. The molecule has 1 aliphatic heterocycles. The summed E-state index contributed by atoms with van der Waals surface area (Å²) >= 11 is 3.44. The summed E-state index contributed by atoms with van der Waals surface area (Å²) in [5.41, 5.74) is 2.31. The highest BCUT2D eigenvalue weighted by Crippen LogP contribution is 2.39. The van der Waals surface area contributed by atoms with Gasteiger partial charge in [-0.25, -0.2) is 4.79 Å². The molecule has 1 heterocycles. The van der Waals surface area contributed by atoms with Crippen molar-refractivity contribution in [2.24, 2.45) is 0 Å². The van der Waals surface area contributed by atoms with Crippen LogP contribution in [0.2, 0.25) is 0 Å². The van der Waals surface area contributed by atoms with Gasteiger partial charge < -0.3 is 4.74 Å². The summed E-state index contributed by atoms with van der Waals surface area (Å²) in [7, 11) is 0. The van der Waals surface area contributed by atoms with Gasteiger partial charge in [-0.3, -0.25) is 5.32 Å². The van der Waals surface area contributed by atoms with E-state index >= 15 is 0 Å². The van der Waals surface area contributed by atoms with Crippen molar-refractivity contribution in [3.05, 3.63) is 27.7 Å². The van der Waals surface area contributed by atoms with Gasteiger partial charge >= 0.3 is 6.09 Å². The van der Waals surface area contributed by atoms with Crippen molar-refractivity contribution in [1.29, 1.82) is 0 Å². The van der Waals surface area contributed by atoms with E-state index in [0.717, 1.165) is 21.3 Å². The fourth-order valence-corrected chi connectivity index (χ4v) is 2.37. The number of fused-ring (bicyclic) bond motifs is 1. The molecular weight excluding hydrogens is 258 g/mol. The second-order valence-corrected chi connectivity index (χ2v) is 5.09. The fraction of sp³-hybridized carbons (Fsp3) is 0.364. The zero-order valence-corrected chi connectivity index (χ0v) is 10.4. The van der Waals surface area contributed by atoms with Crippen molar-refractivity contribution in [3.63, 3.8) is 0 Å². The van der Waals surface area contributed by atoms with Crippen LogP contribution in [0, 0.1) is 6.92 Å². The highest BCUT2D eigenvalue weighted by Gasteiger charge is 2.34. The molecule has 0 fully saturated rings. The van der Waals surface area contributed by atoms with Crippen molar-refractivity contribution in [2.45, 2.75) is 26.4 Å². The maximum absolute atomic E-state index is 11.3. The molecule has 0 saturated carbocycles. The van der Waals surface area contributed by atoms with Crippen LogP contribution in [0.15, 0.2) is 16.6 Å². The molecule has 0 unspecified atom stereocenters. The van der Waals surface area contributed by atoms with E-state index in [1.54, 1.807) is 0 Å². The van der Waals surface area contributed by atoms with Crippen molar-refractivity contribution >= 4 is 27.7 Å². The van der Waals surface area contributed by atoms with Gasteiger partial charge in [-0.1, -0.05) is 15.9 Å². The van der Waals surface area contributed by atoms with Gasteiger partial charge in [0.05, 0.1) is 5.69 Å². The number of nitrogens with one attached hydrogen (secondary N) is 1. The van der Waals surface area contributed by atoms with E-state index in [9.17, 15) is 4.79 Å². The quantitative estimate of drug-likeness (QED) is 0.782. The number of hydrogen-bond acceptors (Lipinski definition) is 2. The average Bonchev–Trinajstić information content (AvgIpc) is 2.06. The van der Waals surface area contributed by atoms with Gasteiger partial charge in [0, 0.05) is 10.0 Å². The summed E-state index contributed by atoms with van der Waals surface area (Å²) in [5.74, 6) is 0. The summed E-state index contributed by atoms with van der Waals surface area (Å²) in [6, 6.07) is 3.95. The molecule has 0 saturated heterocycles. The van der Waals surface area contributed by atoms with E-state index in [-0.39, 0.29) is 0 Å². The van der Waals surface area contributed by atoms with Crippen molar-refractivity contribution in [1.82, 2.24) is 0 Å². The van der Waals surface area contributed by atoms with Crippen LogP contribution in [0.4, 0.5) is 10.5 Å². The number of cyclic esters (lactones) is 1. The number of aryl methyl sites for hydroxylation is 1. The van der Waals surface area contributed by atoms with E-state index in [2.05, 4.69) is 21.2 Å². The van der Waals surface area contributed by atoms with Crippen LogP contribution in [-0.4, -0.2) is 6.09 Å². The Labute approximate surface area is 96.9 Å². The van der Waals surface area contributed by atoms with Crippen LogP contribution in [0.25, 0.3) is 0 Å². The molecule has 1 N–H and O–H groups in total. The van der Waals surface area contributed by atoms with E-state index in [4.69, 9.17) is 4.74 Å². The first kappa shape index (κ1) is 10.5. The number of anilines is 1. The second-order valence-electron chi connectivity index (χ2n) is 4.17. The Balaban J connectivity index is 2.67. The maximum Gasteiger partial charge on any atom is 0.412 e.